The van der Waals surface area contributed by atoms with Gasteiger partial charge in [0.1, 0.15) is 6.33 Å². The molecule has 0 unspecified atom stereocenters. The third-order valence-electron chi connectivity index (χ3n) is 5.32. The van der Waals surface area contributed by atoms with E-state index in [-0.39, 0.29) is 29.9 Å². The third kappa shape index (κ3) is 5.65. The molecule has 1 fully saturated rings. The molecule has 0 aliphatic heterocycles. The number of hydrogen-bond acceptors (Lipinski definition) is 9. The molecule has 14 heteroatoms. The van der Waals surface area contributed by atoms with Crippen molar-refractivity contribution in [2.45, 2.75) is 19.4 Å². The Morgan fingerprint density at radius 3 is 2.69 bits per heavy atom. The summed E-state index contributed by atoms with van der Waals surface area (Å²) >= 11 is 0. The fourth-order valence-electron chi connectivity index (χ4n) is 3.39. The largest absolute Gasteiger partial charge is 0.494 e. The zero-order valence-electron chi connectivity index (χ0n) is 19.6. The number of carbonyl (C=O) groups excluding carboxylic acids is 2. The number of nitrogens with one attached hydrogen (secondary N) is 4. The lowest BCUT2D eigenvalue weighted by atomic mass is 10.1. The number of benzene rings is 1. The van der Waals surface area contributed by atoms with Gasteiger partial charge in [-0.3, -0.25) is 14.3 Å². The first-order valence-corrected chi connectivity index (χ1v) is 11.1. The smallest absolute Gasteiger partial charge is 0.404 e. The Balaban J connectivity index is 1.62. The first kappa shape index (κ1) is 24.4. The fourth-order valence-corrected chi connectivity index (χ4v) is 3.39. The number of nitrogens with zero attached hydrogens (tertiary/aromatic N) is 5. The van der Waals surface area contributed by atoms with E-state index in [2.05, 4.69) is 41.5 Å². The topological polar surface area (TPSA) is 185 Å². The van der Waals surface area contributed by atoms with Crippen LogP contribution in [0.3, 0.4) is 0 Å². The van der Waals surface area contributed by atoms with Crippen LogP contribution in [0.1, 0.15) is 23.3 Å². The van der Waals surface area contributed by atoms with Crippen LogP contribution in [-0.2, 0) is 11.3 Å². The van der Waals surface area contributed by atoms with Crippen molar-refractivity contribution in [1.82, 2.24) is 35.6 Å². The number of rotatable bonds is 10. The molecule has 0 bridgehead atoms. The van der Waals surface area contributed by atoms with Crippen LogP contribution in [0.2, 0.25) is 0 Å². The molecular formula is C22H25N9O5. The molecule has 3 aromatic rings. The maximum absolute atomic E-state index is 12.4. The van der Waals surface area contributed by atoms with Gasteiger partial charge in [-0.2, -0.15) is 5.10 Å². The van der Waals surface area contributed by atoms with E-state index in [1.54, 1.807) is 18.2 Å². The minimum atomic E-state index is -1.12. The zero-order chi connectivity index (χ0) is 25.7. The molecule has 1 aliphatic carbocycles. The summed E-state index contributed by atoms with van der Waals surface area (Å²) in [5.74, 6) is 0.362. The van der Waals surface area contributed by atoms with Crippen LogP contribution >= 0.6 is 0 Å². The molecule has 3 amide bonds. The summed E-state index contributed by atoms with van der Waals surface area (Å²) in [6.45, 7) is 0.473. The van der Waals surface area contributed by atoms with Crippen LogP contribution in [0.5, 0.6) is 5.75 Å². The van der Waals surface area contributed by atoms with Crippen LogP contribution in [0.15, 0.2) is 30.6 Å². The van der Waals surface area contributed by atoms with Crippen LogP contribution in [0, 0.1) is 5.92 Å². The summed E-state index contributed by atoms with van der Waals surface area (Å²) in [5.41, 5.74) is 1.40. The average Bonchev–Trinajstić information content (AvgIpc) is 3.62. The van der Waals surface area contributed by atoms with E-state index in [0.717, 1.165) is 12.8 Å². The normalized spacial score (nSPS) is 12.5. The second kappa shape index (κ2) is 10.7. The van der Waals surface area contributed by atoms with Gasteiger partial charge in [-0.05, 0) is 25.0 Å². The van der Waals surface area contributed by atoms with Gasteiger partial charge in [-0.25, -0.2) is 9.78 Å². The first-order valence-electron chi connectivity index (χ1n) is 11.1. The van der Waals surface area contributed by atoms with Crippen LogP contribution in [-0.4, -0.2) is 68.7 Å². The van der Waals surface area contributed by atoms with E-state index in [4.69, 9.17) is 9.84 Å². The van der Waals surface area contributed by atoms with E-state index < -0.39 is 12.0 Å². The van der Waals surface area contributed by atoms with Gasteiger partial charge in [0.2, 0.25) is 5.91 Å². The molecular weight excluding hydrogens is 470 g/mol. The van der Waals surface area contributed by atoms with Crippen molar-refractivity contribution in [3.05, 3.63) is 36.3 Å². The summed E-state index contributed by atoms with van der Waals surface area (Å²) in [6, 6.07) is 6.81. The van der Waals surface area contributed by atoms with Crippen molar-refractivity contribution in [1.29, 1.82) is 0 Å². The lowest BCUT2D eigenvalue weighted by Gasteiger charge is -2.16. The number of methoxy groups -OCH3 is 1. The van der Waals surface area contributed by atoms with E-state index in [0.29, 0.717) is 35.1 Å². The molecule has 1 saturated carbocycles. The molecule has 0 radical (unpaired) electrons. The van der Waals surface area contributed by atoms with Crippen molar-refractivity contribution in [2.75, 3.05) is 31.3 Å². The maximum Gasteiger partial charge on any atom is 0.404 e. The van der Waals surface area contributed by atoms with Gasteiger partial charge in [0.25, 0.3) is 5.91 Å². The van der Waals surface area contributed by atoms with Gasteiger partial charge in [0, 0.05) is 25.6 Å². The SMILES string of the molecule is CNC(=O)c1nnc(NC(=O)C2CC2)cc1Nc1cccc(-c2ncn(CCNC(=O)O)n2)c1OC. The minimum Gasteiger partial charge on any atom is -0.494 e. The van der Waals surface area contributed by atoms with E-state index in [9.17, 15) is 14.4 Å². The predicted molar refractivity (Wildman–Crippen MR) is 128 cm³/mol. The van der Waals surface area contributed by atoms with Crippen molar-refractivity contribution in [2.24, 2.45) is 5.92 Å². The summed E-state index contributed by atoms with van der Waals surface area (Å²) in [6.07, 6.45) is 2.05. The highest BCUT2D eigenvalue weighted by atomic mass is 16.5. The number of aromatic nitrogens is 5. The summed E-state index contributed by atoms with van der Waals surface area (Å²) in [5, 5.41) is 31.8. The van der Waals surface area contributed by atoms with Gasteiger partial charge in [0.05, 0.1) is 30.6 Å². The van der Waals surface area contributed by atoms with E-state index in [1.807, 2.05) is 0 Å². The second-order valence-corrected chi connectivity index (χ2v) is 7.91. The Kier molecular flexibility index (Phi) is 7.23. The number of ether oxygens (including phenoxy) is 1. The molecule has 2 heterocycles. The number of para-hydroxylation sites is 1. The van der Waals surface area contributed by atoms with Crippen molar-refractivity contribution in [3.63, 3.8) is 0 Å². The average molecular weight is 496 g/mol. The van der Waals surface area contributed by atoms with Crippen LogP contribution in [0.25, 0.3) is 11.4 Å². The van der Waals surface area contributed by atoms with Crippen molar-refractivity contribution < 1.29 is 24.2 Å². The monoisotopic (exact) mass is 495 g/mol. The molecule has 4 rings (SSSR count). The van der Waals surface area contributed by atoms with Gasteiger partial charge in [0.15, 0.2) is 23.1 Å². The molecule has 5 N–H and O–H groups in total. The molecule has 14 nitrogen and oxygen atoms in total. The summed E-state index contributed by atoms with van der Waals surface area (Å²) in [4.78, 5) is 39.5. The highest BCUT2D eigenvalue weighted by Gasteiger charge is 2.30. The molecule has 1 aliphatic rings. The molecule has 0 saturated heterocycles. The van der Waals surface area contributed by atoms with Gasteiger partial charge in [-0.1, -0.05) is 6.07 Å². The molecule has 2 aromatic heterocycles. The molecule has 188 valence electrons. The number of hydrogen-bond donors (Lipinski definition) is 5. The Morgan fingerprint density at radius 2 is 2.00 bits per heavy atom. The van der Waals surface area contributed by atoms with Gasteiger partial charge in [-0.15, -0.1) is 10.2 Å². The van der Waals surface area contributed by atoms with Crippen LogP contribution in [0.4, 0.5) is 22.0 Å². The quantitative estimate of drug-likeness (QED) is 0.276. The molecule has 1 aromatic carbocycles. The Bertz CT molecular complexity index is 1290. The fraction of sp³-hybridized carbons (Fsp3) is 0.318. The van der Waals surface area contributed by atoms with Gasteiger partial charge >= 0.3 is 6.09 Å². The van der Waals surface area contributed by atoms with Crippen LogP contribution < -0.4 is 26.0 Å². The first-order chi connectivity index (χ1) is 17.4. The summed E-state index contributed by atoms with van der Waals surface area (Å²) < 4.78 is 7.15. The standard InChI is InChI=1S/C22H25N9O5/c1-23-21(33)17-15(10-16(28-29-17)27-20(32)12-6-7-12)26-14-5-3-4-13(18(14)36-2)19-25-11-31(30-19)9-8-24-22(34)35/h3-5,10-12,24H,6-9H2,1-2H3,(H,23,33)(H,34,35)(H2,26,27,28,32). The predicted octanol–water partition coefficient (Wildman–Crippen LogP) is 1.46. The number of carbonyl (C=O) groups is 3. The summed E-state index contributed by atoms with van der Waals surface area (Å²) in [7, 11) is 2.97. The molecule has 36 heavy (non-hydrogen) atoms. The lowest BCUT2D eigenvalue weighted by molar-refractivity contribution is -0.117. The lowest BCUT2D eigenvalue weighted by Crippen LogP contribution is -2.25. The van der Waals surface area contributed by atoms with E-state index in [1.165, 1.54) is 31.2 Å². The zero-order valence-corrected chi connectivity index (χ0v) is 19.6. The van der Waals surface area contributed by atoms with Crippen molar-refractivity contribution >= 4 is 35.1 Å². The number of anilines is 3. The highest BCUT2D eigenvalue weighted by molar-refractivity contribution is 6.00. The highest BCUT2D eigenvalue weighted by Crippen LogP contribution is 2.37. The molecule has 0 spiro atoms. The Morgan fingerprint density at radius 1 is 1.19 bits per heavy atom. The Hall–Kier alpha value is -4.75. The Labute approximate surface area is 205 Å². The molecule has 0 atom stereocenters. The number of carboxylic acid groups (broad SMARTS) is 1. The van der Waals surface area contributed by atoms with Crippen molar-refractivity contribution in [3.8, 4) is 17.1 Å². The minimum absolute atomic E-state index is 0.0224. The van der Waals surface area contributed by atoms with E-state index >= 15 is 0 Å². The third-order valence-corrected chi connectivity index (χ3v) is 5.32. The maximum atomic E-state index is 12.4. The second-order valence-electron chi connectivity index (χ2n) is 7.91. The van der Waals surface area contributed by atoms with Gasteiger partial charge < -0.3 is 31.1 Å². The number of amides is 3.